The fraction of sp³-hybridized carbons (Fsp3) is 0.533. The summed E-state index contributed by atoms with van der Waals surface area (Å²) in [6, 6.07) is 5.19. The van der Waals surface area contributed by atoms with Gasteiger partial charge in [-0.3, -0.25) is 0 Å². The van der Waals surface area contributed by atoms with E-state index in [4.69, 9.17) is 4.74 Å². The van der Waals surface area contributed by atoms with Gasteiger partial charge in [-0.25, -0.2) is 9.18 Å². The number of hydrogen-bond acceptors (Lipinski definition) is 2. The molecule has 1 amide bonds. The van der Waals surface area contributed by atoms with E-state index in [0.717, 1.165) is 18.4 Å². The minimum Gasteiger partial charge on any atom is -0.444 e. The van der Waals surface area contributed by atoms with E-state index in [1.807, 2.05) is 43.4 Å². The maximum absolute atomic E-state index is 13.3. The van der Waals surface area contributed by atoms with Gasteiger partial charge in [-0.05, 0) is 73.9 Å². The molecular formula is C15H19FINO2. The number of benzene rings is 1. The van der Waals surface area contributed by atoms with E-state index in [-0.39, 0.29) is 18.0 Å². The second-order valence-corrected chi connectivity index (χ2v) is 7.25. The first-order valence-corrected chi connectivity index (χ1v) is 7.78. The lowest BCUT2D eigenvalue weighted by atomic mass is 10.2. The SMILES string of the molecule is CC(C)(C)OC(=O)N(Cc1ccc(F)c(I)c1)C1CC1. The van der Waals surface area contributed by atoms with Crippen molar-refractivity contribution < 1.29 is 13.9 Å². The number of carbonyl (C=O) groups excluding carboxylic acids is 1. The zero-order chi connectivity index (χ0) is 14.9. The Labute approximate surface area is 132 Å². The number of carbonyl (C=O) groups is 1. The summed E-state index contributed by atoms with van der Waals surface area (Å²) in [6.07, 6.45) is 1.73. The first kappa shape index (κ1) is 15.5. The molecule has 1 aliphatic carbocycles. The molecule has 0 bridgehead atoms. The Bertz CT molecular complexity index is 509. The van der Waals surface area contributed by atoms with Gasteiger partial charge in [-0.1, -0.05) is 6.07 Å². The van der Waals surface area contributed by atoms with Crippen molar-refractivity contribution in [3.05, 3.63) is 33.1 Å². The highest BCUT2D eigenvalue weighted by molar-refractivity contribution is 14.1. The van der Waals surface area contributed by atoms with Gasteiger partial charge in [0.25, 0.3) is 0 Å². The van der Waals surface area contributed by atoms with Crippen molar-refractivity contribution in [2.24, 2.45) is 0 Å². The summed E-state index contributed by atoms with van der Waals surface area (Å²) in [7, 11) is 0. The second kappa shape index (κ2) is 5.87. The lowest BCUT2D eigenvalue weighted by molar-refractivity contribution is 0.0216. The van der Waals surface area contributed by atoms with Crippen LogP contribution in [0.15, 0.2) is 18.2 Å². The van der Waals surface area contributed by atoms with Crippen molar-refractivity contribution in [1.29, 1.82) is 0 Å². The smallest absolute Gasteiger partial charge is 0.410 e. The van der Waals surface area contributed by atoms with Crippen LogP contribution in [0, 0.1) is 9.39 Å². The zero-order valence-corrected chi connectivity index (χ0v) is 14.1. The zero-order valence-electron chi connectivity index (χ0n) is 12.0. The van der Waals surface area contributed by atoms with Crippen LogP contribution in [-0.2, 0) is 11.3 Å². The summed E-state index contributed by atoms with van der Waals surface area (Å²) in [4.78, 5) is 14.0. The summed E-state index contributed by atoms with van der Waals surface area (Å²) in [5.41, 5.74) is 0.426. The van der Waals surface area contributed by atoms with Crippen molar-refractivity contribution in [3.63, 3.8) is 0 Å². The first-order valence-electron chi connectivity index (χ1n) is 6.70. The maximum Gasteiger partial charge on any atom is 0.410 e. The number of hydrogen-bond donors (Lipinski definition) is 0. The molecular weight excluding hydrogens is 372 g/mol. The molecule has 0 heterocycles. The van der Waals surface area contributed by atoms with E-state index in [2.05, 4.69) is 0 Å². The molecule has 0 unspecified atom stereocenters. The van der Waals surface area contributed by atoms with Crippen molar-refractivity contribution in [1.82, 2.24) is 4.90 Å². The molecule has 1 fully saturated rings. The van der Waals surface area contributed by atoms with Gasteiger partial charge in [0.2, 0.25) is 0 Å². The maximum atomic E-state index is 13.3. The van der Waals surface area contributed by atoms with Gasteiger partial charge in [0.05, 0.1) is 0 Å². The monoisotopic (exact) mass is 391 g/mol. The molecule has 0 radical (unpaired) electrons. The number of halogens is 2. The first-order chi connectivity index (χ1) is 9.26. The quantitative estimate of drug-likeness (QED) is 0.718. The molecule has 0 aliphatic heterocycles. The summed E-state index contributed by atoms with van der Waals surface area (Å²) < 4.78 is 19.3. The average molecular weight is 391 g/mol. The van der Waals surface area contributed by atoms with Gasteiger partial charge in [-0.15, -0.1) is 0 Å². The lowest BCUT2D eigenvalue weighted by Gasteiger charge is -2.27. The molecule has 3 nitrogen and oxygen atoms in total. The fourth-order valence-corrected chi connectivity index (χ4v) is 2.46. The van der Waals surface area contributed by atoms with Crippen molar-refractivity contribution in [2.75, 3.05) is 0 Å². The van der Waals surface area contributed by atoms with E-state index >= 15 is 0 Å². The Morgan fingerprint density at radius 1 is 1.45 bits per heavy atom. The van der Waals surface area contributed by atoms with Gasteiger partial charge in [0.1, 0.15) is 11.4 Å². The fourth-order valence-electron chi connectivity index (χ4n) is 1.88. The van der Waals surface area contributed by atoms with E-state index in [0.29, 0.717) is 10.1 Å². The van der Waals surface area contributed by atoms with Gasteiger partial charge < -0.3 is 9.64 Å². The molecule has 1 saturated carbocycles. The van der Waals surface area contributed by atoms with Crippen molar-refractivity contribution in [2.45, 2.75) is 51.8 Å². The van der Waals surface area contributed by atoms with Crippen LogP contribution in [0.3, 0.4) is 0 Å². The lowest BCUT2D eigenvalue weighted by Crippen LogP contribution is -2.37. The minimum absolute atomic E-state index is 0.232. The van der Waals surface area contributed by atoms with Crippen LogP contribution in [0.4, 0.5) is 9.18 Å². The van der Waals surface area contributed by atoms with Crippen LogP contribution in [0.1, 0.15) is 39.2 Å². The molecule has 2 rings (SSSR count). The van der Waals surface area contributed by atoms with Gasteiger partial charge >= 0.3 is 6.09 Å². The molecule has 110 valence electrons. The largest absolute Gasteiger partial charge is 0.444 e. The molecule has 0 atom stereocenters. The number of amides is 1. The predicted octanol–water partition coefficient (Wildman–Crippen LogP) is 4.33. The van der Waals surface area contributed by atoms with Gasteiger partial charge in [0.15, 0.2) is 0 Å². The predicted molar refractivity (Wildman–Crippen MR) is 83.9 cm³/mol. The topological polar surface area (TPSA) is 29.5 Å². The number of rotatable bonds is 3. The highest BCUT2D eigenvalue weighted by atomic mass is 127. The Balaban J connectivity index is 2.09. The third-order valence-corrected chi connectivity index (χ3v) is 3.78. The van der Waals surface area contributed by atoms with Crippen LogP contribution >= 0.6 is 22.6 Å². The van der Waals surface area contributed by atoms with Crippen LogP contribution < -0.4 is 0 Å². The molecule has 1 aliphatic rings. The second-order valence-electron chi connectivity index (χ2n) is 6.09. The molecule has 1 aromatic carbocycles. The standard InChI is InChI=1S/C15H19FINO2/c1-15(2,3)20-14(19)18(11-5-6-11)9-10-4-7-12(16)13(17)8-10/h4,7-8,11H,5-6,9H2,1-3H3. The summed E-state index contributed by atoms with van der Waals surface area (Å²) in [5.74, 6) is -0.232. The van der Waals surface area contributed by atoms with Crippen molar-refractivity contribution in [3.8, 4) is 0 Å². The number of nitrogens with zero attached hydrogens (tertiary/aromatic N) is 1. The molecule has 20 heavy (non-hydrogen) atoms. The van der Waals surface area contributed by atoms with E-state index in [9.17, 15) is 9.18 Å². The van der Waals surface area contributed by atoms with Gasteiger partial charge in [0, 0.05) is 16.2 Å². The summed E-state index contributed by atoms with van der Waals surface area (Å²) >= 11 is 1.96. The Hall–Kier alpha value is -0.850. The Morgan fingerprint density at radius 3 is 2.60 bits per heavy atom. The third kappa shape index (κ3) is 4.33. The van der Waals surface area contributed by atoms with Gasteiger partial charge in [-0.2, -0.15) is 0 Å². The molecule has 0 aromatic heterocycles. The molecule has 0 N–H and O–H groups in total. The van der Waals surface area contributed by atoms with E-state index in [1.54, 1.807) is 17.0 Å². The van der Waals surface area contributed by atoms with E-state index in [1.165, 1.54) is 6.07 Å². The Kier molecular flexibility index (Phi) is 4.56. The van der Waals surface area contributed by atoms with Crippen LogP contribution in [0.2, 0.25) is 0 Å². The minimum atomic E-state index is -0.499. The van der Waals surface area contributed by atoms with Crippen LogP contribution in [-0.4, -0.2) is 22.6 Å². The molecule has 0 spiro atoms. The van der Waals surface area contributed by atoms with Crippen LogP contribution in [0.5, 0.6) is 0 Å². The summed E-state index contributed by atoms with van der Waals surface area (Å²) in [6.45, 7) is 6.04. The molecule has 1 aromatic rings. The third-order valence-electron chi connectivity index (χ3n) is 2.95. The van der Waals surface area contributed by atoms with Crippen LogP contribution in [0.25, 0.3) is 0 Å². The average Bonchev–Trinajstić information content (AvgIpc) is 3.12. The van der Waals surface area contributed by atoms with Crippen molar-refractivity contribution >= 4 is 28.7 Å². The normalized spacial score (nSPS) is 15.1. The summed E-state index contributed by atoms with van der Waals surface area (Å²) in [5, 5.41) is 0. The highest BCUT2D eigenvalue weighted by Crippen LogP contribution is 2.30. The number of ether oxygens (including phenoxy) is 1. The molecule has 5 heteroatoms. The molecule has 0 saturated heterocycles. The van der Waals surface area contributed by atoms with E-state index < -0.39 is 5.60 Å². The highest BCUT2D eigenvalue weighted by Gasteiger charge is 2.35. The Morgan fingerprint density at radius 2 is 2.10 bits per heavy atom.